The Labute approximate surface area is 193 Å². The molecule has 1 N–H and O–H groups in total. The number of carbonyl (C=O) groups excluding carboxylic acids is 2. The van der Waals surface area contributed by atoms with Crippen molar-refractivity contribution in [3.63, 3.8) is 0 Å². The van der Waals surface area contributed by atoms with Gasteiger partial charge in [-0.1, -0.05) is 71.8 Å². The Hall–Kier alpha value is -3.15. The fourth-order valence-corrected chi connectivity index (χ4v) is 4.23. The van der Waals surface area contributed by atoms with Crippen LogP contribution in [0.3, 0.4) is 0 Å². The fourth-order valence-electron chi connectivity index (χ4n) is 4.10. The molecule has 1 unspecified atom stereocenters. The zero-order chi connectivity index (χ0) is 22.7. The van der Waals surface area contributed by atoms with E-state index in [1.165, 1.54) is 12.5 Å². The highest BCUT2D eigenvalue weighted by Gasteiger charge is 2.51. The third-order valence-electron chi connectivity index (χ3n) is 5.66. The number of ether oxygens (including phenoxy) is 1. The van der Waals surface area contributed by atoms with Crippen molar-refractivity contribution in [1.29, 1.82) is 0 Å². The number of hydrogen-bond donors (Lipinski definition) is 1. The van der Waals surface area contributed by atoms with Crippen molar-refractivity contribution in [2.24, 2.45) is 0 Å². The highest BCUT2D eigenvalue weighted by Crippen LogP contribution is 2.45. The summed E-state index contributed by atoms with van der Waals surface area (Å²) in [6.45, 7) is 4.42. The van der Waals surface area contributed by atoms with Crippen LogP contribution in [0.2, 0.25) is 5.02 Å². The number of nitrogens with one attached hydrogen (secondary N) is 1. The van der Waals surface area contributed by atoms with Crippen LogP contribution in [0.25, 0.3) is 0 Å². The lowest BCUT2D eigenvalue weighted by atomic mass is 9.93. The van der Waals surface area contributed by atoms with Gasteiger partial charge in [0.05, 0.1) is 6.61 Å². The molecule has 1 aliphatic rings. The molecule has 2 amide bonds. The van der Waals surface area contributed by atoms with Crippen LogP contribution < -0.4 is 5.32 Å². The molecule has 0 aliphatic carbocycles. The number of aryl methyl sites for hydroxylation is 1. The Morgan fingerprint density at radius 2 is 1.72 bits per heavy atom. The number of nitrogens with zero attached hydrogens (tertiary/aromatic N) is 1. The third kappa shape index (κ3) is 4.14. The van der Waals surface area contributed by atoms with Crippen molar-refractivity contribution >= 4 is 23.4 Å². The molecule has 1 heterocycles. The summed E-state index contributed by atoms with van der Waals surface area (Å²) in [6.07, 6.45) is 0. The second-order valence-corrected chi connectivity index (χ2v) is 8.35. The Kier molecular flexibility index (Phi) is 6.31. The van der Waals surface area contributed by atoms with E-state index in [1.54, 1.807) is 17.0 Å². The molecule has 3 aromatic rings. The molecule has 1 aliphatic heterocycles. The Bertz CT molecular complexity index is 1130. The number of hydrogen-bond acceptors (Lipinski definition) is 3. The summed E-state index contributed by atoms with van der Waals surface area (Å²) in [5.74, 6) is -0.281. The van der Waals surface area contributed by atoms with E-state index in [9.17, 15) is 9.59 Å². The number of carbonyl (C=O) groups is 2. The summed E-state index contributed by atoms with van der Waals surface area (Å²) in [5.41, 5.74) is 3.20. The highest BCUT2D eigenvalue weighted by molar-refractivity contribution is 6.30. The van der Waals surface area contributed by atoms with E-state index in [0.717, 1.165) is 16.7 Å². The van der Waals surface area contributed by atoms with Gasteiger partial charge in [-0.05, 0) is 30.7 Å². The van der Waals surface area contributed by atoms with Crippen LogP contribution in [-0.2, 0) is 21.9 Å². The number of fused-ring (bicyclic) bond motifs is 1. The summed E-state index contributed by atoms with van der Waals surface area (Å²) < 4.78 is 6.66. The molecule has 32 heavy (non-hydrogen) atoms. The minimum absolute atomic E-state index is 0.134. The van der Waals surface area contributed by atoms with Crippen molar-refractivity contribution in [3.8, 4) is 0 Å². The monoisotopic (exact) mass is 448 g/mol. The molecule has 3 aromatic carbocycles. The molecule has 0 bridgehead atoms. The SMILES string of the molecule is CC(=O)NCCN1C(=O)c2ccccc2C1(OCc1ccc(C)cc1)c1ccc(Cl)cc1. The normalized spacial score (nSPS) is 17.3. The standard InChI is InChI=1S/C26H25ClN2O3/c1-18-7-9-20(10-8-18)17-32-26(21-11-13-22(27)14-12-21)24-6-4-3-5-23(24)25(31)29(26)16-15-28-19(2)30/h3-14H,15-17H2,1-2H3,(H,28,30). The van der Waals surface area contributed by atoms with Gasteiger partial charge in [-0.15, -0.1) is 0 Å². The van der Waals surface area contributed by atoms with Gasteiger partial charge in [0.1, 0.15) is 0 Å². The number of rotatable bonds is 7. The number of benzene rings is 3. The maximum Gasteiger partial charge on any atom is 0.257 e. The van der Waals surface area contributed by atoms with Crippen molar-refractivity contribution in [1.82, 2.24) is 10.2 Å². The molecule has 0 saturated carbocycles. The zero-order valence-electron chi connectivity index (χ0n) is 18.1. The fraction of sp³-hybridized carbons (Fsp3) is 0.231. The second-order valence-electron chi connectivity index (χ2n) is 7.91. The number of amides is 2. The maximum atomic E-state index is 13.5. The molecular weight excluding hydrogens is 424 g/mol. The summed E-state index contributed by atoms with van der Waals surface area (Å²) >= 11 is 6.17. The molecule has 5 nitrogen and oxygen atoms in total. The van der Waals surface area contributed by atoms with Crippen LogP contribution in [0, 0.1) is 6.92 Å². The Morgan fingerprint density at radius 1 is 1.03 bits per heavy atom. The molecular formula is C26H25ClN2O3. The molecule has 0 saturated heterocycles. The average molecular weight is 449 g/mol. The van der Waals surface area contributed by atoms with E-state index in [0.29, 0.717) is 30.3 Å². The smallest absolute Gasteiger partial charge is 0.257 e. The third-order valence-corrected chi connectivity index (χ3v) is 5.91. The molecule has 4 rings (SSSR count). The largest absolute Gasteiger partial charge is 0.355 e. The first-order chi connectivity index (χ1) is 15.4. The van der Waals surface area contributed by atoms with E-state index in [2.05, 4.69) is 5.32 Å². The molecule has 0 aromatic heterocycles. The first-order valence-corrected chi connectivity index (χ1v) is 10.9. The van der Waals surface area contributed by atoms with Crippen LogP contribution in [-0.4, -0.2) is 29.8 Å². The Balaban J connectivity index is 1.81. The quantitative estimate of drug-likeness (QED) is 0.572. The van der Waals surface area contributed by atoms with Gasteiger partial charge in [-0.3, -0.25) is 9.59 Å². The van der Waals surface area contributed by atoms with Crippen LogP contribution in [0.4, 0.5) is 0 Å². The van der Waals surface area contributed by atoms with Gasteiger partial charge in [0.15, 0.2) is 5.72 Å². The van der Waals surface area contributed by atoms with Gasteiger partial charge in [0.2, 0.25) is 5.91 Å². The second kappa shape index (κ2) is 9.15. The summed E-state index contributed by atoms with van der Waals surface area (Å²) in [7, 11) is 0. The van der Waals surface area contributed by atoms with Gasteiger partial charge < -0.3 is 15.0 Å². The van der Waals surface area contributed by atoms with E-state index in [1.807, 2.05) is 67.6 Å². The minimum Gasteiger partial charge on any atom is -0.355 e. The highest BCUT2D eigenvalue weighted by atomic mass is 35.5. The predicted molar refractivity (Wildman–Crippen MR) is 124 cm³/mol. The maximum absolute atomic E-state index is 13.5. The van der Waals surface area contributed by atoms with Crippen molar-refractivity contribution in [2.45, 2.75) is 26.2 Å². The topological polar surface area (TPSA) is 58.6 Å². The van der Waals surface area contributed by atoms with Crippen LogP contribution in [0.5, 0.6) is 0 Å². The van der Waals surface area contributed by atoms with Crippen LogP contribution in [0.1, 0.15) is 39.5 Å². The van der Waals surface area contributed by atoms with Gasteiger partial charge in [0, 0.05) is 41.7 Å². The molecule has 164 valence electrons. The first-order valence-electron chi connectivity index (χ1n) is 10.5. The first kappa shape index (κ1) is 22.1. The van der Waals surface area contributed by atoms with E-state index < -0.39 is 5.72 Å². The van der Waals surface area contributed by atoms with Crippen molar-refractivity contribution in [2.75, 3.05) is 13.1 Å². The molecule has 0 spiro atoms. The lowest BCUT2D eigenvalue weighted by Gasteiger charge is -2.39. The minimum atomic E-state index is -1.14. The predicted octanol–water partition coefficient (Wildman–Crippen LogP) is 4.66. The summed E-state index contributed by atoms with van der Waals surface area (Å²) in [5, 5.41) is 3.39. The van der Waals surface area contributed by atoms with Gasteiger partial charge in [-0.2, -0.15) is 0 Å². The van der Waals surface area contributed by atoms with Crippen LogP contribution >= 0.6 is 11.6 Å². The average Bonchev–Trinajstić information content (AvgIpc) is 3.03. The molecule has 6 heteroatoms. The van der Waals surface area contributed by atoms with E-state index >= 15 is 0 Å². The van der Waals surface area contributed by atoms with E-state index in [4.69, 9.17) is 16.3 Å². The van der Waals surface area contributed by atoms with Gasteiger partial charge in [-0.25, -0.2) is 0 Å². The van der Waals surface area contributed by atoms with Crippen LogP contribution in [0.15, 0.2) is 72.8 Å². The van der Waals surface area contributed by atoms with E-state index in [-0.39, 0.29) is 11.8 Å². The Morgan fingerprint density at radius 3 is 2.41 bits per heavy atom. The van der Waals surface area contributed by atoms with Gasteiger partial charge in [0.25, 0.3) is 5.91 Å². The number of halogens is 1. The molecule has 0 fully saturated rings. The zero-order valence-corrected chi connectivity index (χ0v) is 18.9. The van der Waals surface area contributed by atoms with Crippen molar-refractivity contribution < 1.29 is 14.3 Å². The van der Waals surface area contributed by atoms with Gasteiger partial charge >= 0.3 is 0 Å². The lowest BCUT2D eigenvalue weighted by Crippen LogP contribution is -2.49. The lowest BCUT2D eigenvalue weighted by molar-refractivity contribution is -0.122. The summed E-state index contributed by atoms with van der Waals surface area (Å²) in [6, 6.07) is 23.0. The van der Waals surface area contributed by atoms with Crippen molar-refractivity contribution in [3.05, 3.63) is 106 Å². The molecule has 0 radical (unpaired) electrons. The summed E-state index contributed by atoms with van der Waals surface area (Å²) in [4.78, 5) is 26.7. The molecule has 1 atom stereocenters.